The molecule has 2 nitrogen and oxygen atoms in total. The van der Waals surface area contributed by atoms with E-state index in [0.29, 0.717) is 0 Å². The molecule has 112 valence electrons. The Bertz CT molecular complexity index is 888. The molecule has 0 unspecified atom stereocenters. The summed E-state index contributed by atoms with van der Waals surface area (Å²) in [4.78, 5) is 0. The van der Waals surface area contributed by atoms with Crippen LogP contribution in [0.15, 0.2) is 79.1 Å². The average molecular weight is 299 g/mol. The molecule has 0 N–H and O–H groups in total. The second-order valence-electron chi connectivity index (χ2n) is 5.95. The van der Waals surface area contributed by atoms with Gasteiger partial charge in [0.1, 0.15) is 11.4 Å². The quantitative estimate of drug-likeness (QED) is 0.481. The minimum Gasteiger partial charge on any atom is -0.195 e. The van der Waals surface area contributed by atoms with Gasteiger partial charge in [0.25, 0.3) is 6.33 Å². The number of imidazole rings is 1. The van der Waals surface area contributed by atoms with E-state index in [9.17, 15) is 0 Å². The van der Waals surface area contributed by atoms with Crippen LogP contribution < -0.4 is 4.57 Å². The summed E-state index contributed by atoms with van der Waals surface area (Å²) in [6.45, 7) is 4.34. The molecule has 0 amide bonds. The largest absolute Gasteiger partial charge is 0.255 e. The second-order valence-corrected chi connectivity index (χ2v) is 5.95. The molecule has 0 saturated heterocycles. The minimum absolute atomic E-state index is 1.18. The first kappa shape index (κ1) is 13.8. The molecule has 0 aliphatic heterocycles. The van der Waals surface area contributed by atoms with Crippen molar-refractivity contribution in [1.29, 1.82) is 0 Å². The van der Waals surface area contributed by atoms with Crippen molar-refractivity contribution in [3.8, 4) is 11.4 Å². The van der Waals surface area contributed by atoms with Gasteiger partial charge < -0.3 is 0 Å². The standard InChI is InChI=1S/C21H19N2/c1-16-13-20-21(14-17(16)2)23(19-11-7-4-8-12-19)15-22(20)18-9-5-3-6-10-18/h3-15H,1-2H3/q+1. The van der Waals surface area contributed by atoms with Crippen molar-refractivity contribution in [2.75, 3.05) is 0 Å². The van der Waals surface area contributed by atoms with Crippen LogP contribution in [-0.4, -0.2) is 4.57 Å². The molecule has 0 aliphatic carbocycles. The molecule has 0 saturated carbocycles. The molecule has 4 rings (SSSR count). The third kappa shape index (κ3) is 2.33. The number of benzene rings is 3. The lowest BCUT2D eigenvalue weighted by molar-refractivity contribution is -0.567. The number of nitrogens with zero attached hydrogens (tertiary/aromatic N) is 2. The lowest BCUT2D eigenvalue weighted by Crippen LogP contribution is -2.28. The normalized spacial score (nSPS) is 11.0. The Balaban J connectivity index is 2.07. The van der Waals surface area contributed by atoms with E-state index >= 15 is 0 Å². The molecule has 2 heteroatoms. The Labute approximate surface area is 136 Å². The molecule has 0 bridgehead atoms. The van der Waals surface area contributed by atoms with E-state index in [1.165, 1.54) is 33.5 Å². The highest BCUT2D eigenvalue weighted by atomic mass is 15.1. The lowest BCUT2D eigenvalue weighted by Gasteiger charge is -2.00. The van der Waals surface area contributed by atoms with Gasteiger partial charge in [-0.25, -0.2) is 0 Å². The molecular formula is C21H19N2+. The summed E-state index contributed by atoms with van der Waals surface area (Å²) in [5.41, 5.74) is 7.43. The summed E-state index contributed by atoms with van der Waals surface area (Å²) in [6, 6.07) is 25.5. The number of hydrogen-bond acceptors (Lipinski definition) is 0. The fraction of sp³-hybridized carbons (Fsp3) is 0.0952. The monoisotopic (exact) mass is 299 g/mol. The van der Waals surface area contributed by atoms with Gasteiger partial charge in [-0.2, -0.15) is 9.13 Å². The first-order valence-electron chi connectivity index (χ1n) is 7.89. The van der Waals surface area contributed by atoms with Gasteiger partial charge in [-0.1, -0.05) is 36.4 Å². The summed E-state index contributed by atoms with van der Waals surface area (Å²) in [5, 5.41) is 0. The number of aromatic nitrogens is 2. The van der Waals surface area contributed by atoms with E-state index < -0.39 is 0 Å². The molecule has 0 radical (unpaired) electrons. The Morgan fingerprint density at radius 2 is 1.35 bits per heavy atom. The summed E-state index contributed by atoms with van der Waals surface area (Å²) in [5.74, 6) is 0. The highest BCUT2D eigenvalue weighted by Gasteiger charge is 2.19. The molecular weight excluding hydrogens is 280 g/mol. The van der Waals surface area contributed by atoms with Crippen molar-refractivity contribution in [1.82, 2.24) is 4.57 Å². The highest BCUT2D eigenvalue weighted by Crippen LogP contribution is 2.22. The Hall–Kier alpha value is -2.87. The minimum atomic E-state index is 1.18. The van der Waals surface area contributed by atoms with Gasteiger partial charge in [0, 0.05) is 0 Å². The molecule has 0 fully saturated rings. The first-order valence-corrected chi connectivity index (χ1v) is 7.89. The fourth-order valence-corrected chi connectivity index (χ4v) is 3.00. The van der Waals surface area contributed by atoms with Crippen molar-refractivity contribution in [2.45, 2.75) is 13.8 Å². The van der Waals surface area contributed by atoms with Gasteiger partial charge in [0.05, 0.1) is 0 Å². The van der Waals surface area contributed by atoms with E-state index in [1.807, 2.05) is 0 Å². The number of hydrogen-bond donors (Lipinski definition) is 0. The van der Waals surface area contributed by atoms with Crippen LogP contribution in [0, 0.1) is 13.8 Å². The van der Waals surface area contributed by atoms with Gasteiger partial charge >= 0.3 is 0 Å². The second kappa shape index (κ2) is 5.40. The Morgan fingerprint density at radius 1 is 0.739 bits per heavy atom. The van der Waals surface area contributed by atoms with Crippen LogP contribution in [0.3, 0.4) is 0 Å². The van der Waals surface area contributed by atoms with E-state index in [-0.39, 0.29) is 0 Å². The highest BCUT2D eigenvalue weighted by molar-refractivity contribution is 5.76. The predicted octanol–water partition coefficient (Wildman–Crippen LogP) is 4.52. The number of para-hydroxylation sites is 2. The zero-order valence-corrected chi connectivity index (χ0v) is 13.4. The van der Waals surface area contributed by atoms with Crippen molar-refractivity contribution in [2.24, 2.45) is 0 Å². The predicted molar refractivity (Wildman–Crippen MR) is 94.3 cm³/mol. The van der Waals surface area contributed by atoms with E-state index in [1.54, 1.807) is 0 Å². The van der Waals surface area contributed by atoms with Gasteiger partial charge in [-0.3, -0.25) is 0 Å². The maximum absolute atomic E-state index is 2.27. The molecule has 0 aliphatic rings. The topological polar surface area (TPSA) is 8.81 Å². The SMILES string of the molecule is Cc1cc2c(cc1C)[n+](-c1ccccc1)cn2-c1ccccc1. The summed E-state index contributed by atoms with van der Waals surface area (Å²) in [6.07, 6.45) is 2.17. The number of fused-ring (bicyclic) bond motifs is 1. The molecule has 0 spiro atoms. The zero-order chi connectivity index (χ0) is 15.8. The van der Waals surface area contributed by atoms with E-state index in [0.717, 1.165) is 0 Å². The smallest absolute Gasteiger partial charge is 0.195 e. The van der Waals surface area contributed by atoms with Crippen LogP contribution in [0.25, 0.3) is 22.4 Å². The fourth-order valence-electron chi connectivity index (χ4n) is 3.00. The third-order valence-electron chi connectivity index (χ3n) is 4.41. The van der Waals surface area contributed by atoms with Crippen LogP contribution in [0.2, 0.25) is 0 Å². The summed E-state index contributed by atoms with van der Waals surface area (Å²) in [7, 11) is 0. The Morgan fingerprint density at radius 3 is 2.04 bits per heavy atom. The molecule has 3 aromatic carbocycles. The maximum atomic E-state index is 2.27. The van der Waals surface area contributed by atoms with Gasteiger partial charge in [-0.15, -0.1) is 0 Å². The number of aryl methyl sites for hydroxylation is 2. The molecule has 1 heterocycles. The zero-order valence-electron chi connectivity index (χ0n) is 13.4. The van der Waals surface area contributed by atoms with Crippen LogP contribution in [0.1, 0.15) is 11.1 Å². The van der Waals surface area contributed by atoms with Gasteiger partial charge in [0.15, 0.2) is 11.0 Å². The third-order valence-corrected chi connectivity index (χ3v) is 4.41. The van der Waals surface area contributed by atoms with Gasteiger partial charge in [-0.05, 0) is 61.4 Å². The summed E-state index contributed by atoms with van der Waals surface area (Å²) < 4.78 is 4.52. The average Bonchev–Trinajstić information content (AvgIpc) is 2.95. The van der Waals surface area contributed by atoms with Crippen LogP contribution in [0.5, 0.6) is 0 Å². The maximum Gasteiger partial charge on any atom is 0.255 e. The number of rotatable bonds is 2. The van der Waals surface area contributed by atoms with E-state index in [2.05, 4.69) is 102 Å². The van der Waals surface area contributed by atoms with Crippen molar-refractivity contribution < 1.29 is 4.57 Å². The molecule has 1 aromatic heterocycles. The first-order chi connectivity index (χ1) is 11.2. The lowest BCUT2D eigenvalue weighted by atomic mass is 10.1. The van der Waals surface area contributed by atoms with Crippen molar-refractivity contribution in [3.63, 3.8) is 0 Å². The molecule has 0 atom stereocenters. The Kier molecular flexibility index (Phi) is 3.23. The van der Waals surface area contributed by atoms with Crippen molar-refractivity contribution >= 4 is 11.0 Å². The van der Waals surface area contributed by atoms with Gasteiger partial charge in [0.2, 0.25) is 0 Å². The van der Waals surface area contributed by atoms with E-state index in [4.69, 9.17) is 0 Å². The summed E-state index contributed by atoms with van der Waals surface area (Å²) >= 11 is 0. The van der Waals surface area contributed by atoms with Crippen LogP contribution >= 0.6 is 0 Å². The van der Waals surface area contributed by atoms with Crippen LogP contribution in [-0.2, 0) is 0 Å². The van der Waals surface area contributed by atoms with Crippen molar-refractivity contribution in [3.05, 3.63) is 90.3 Å². The molecule has 23 heavy (non-hydrogen) atoms. The van der Waals surface area contributed by atoms with Crippen LogP contribution in [0.4, 0.5) is 0 Å². The molecule has 4 aromatic rings.